The van der Waals surface area contributed by atoms with Gasteiger partial charge in [0.05, 0.1) is 18.4 Å². The van der Waals surface area contributed by atoms with Gasteiger partial charge < -0.3 is 10.1 Å². The number of nitrogens with one attached hydrogen (secondary N) is 2. The van der Waals surface area contributed by atoms with Crippen molar-refractivity contribution in [1.29, 1.82) is 0 Å². The lowest BCUT2D eigenvalue weighted by Gasteiger charge is -2.30. The number of carbonyl (C=O) groups is 1. The normalized spacial score (nSPS) is 16.8. The van der Waals surface area contributed by atoms with Crippen molar-refractivity contribution in [2.24, 2.45) is 5.92 Å². The quantitative estimate of drug-likeness (QED) is 0.652. The molecule has 1 fully saturated rings. The molecule has 2 aliphatic heterocycles. The minimum absolute atomic E-state index is 0. The molecule has 0 aliphatic carbocycles. The summed E-state index contributed by atoms with van der Waals surface area (Å²) >= 11 is 0. The number of amides is 1. The summed E-state index contributed by atoms with van der Waals surface area (Å²) in [6, 6.07) is 6.04. The second-order valence-corrected chi connectivity index (χ2v) is 8.03. The SMILES string of the molecule is Cc1cc(-c2ncn[nH]2)ccc1-c1cnc2c(n1)N(CCC1CCOCC1)C(=O)CN2.[HH]. The van der Waals surface area contributed by atoms with E-state index < -0.39 is 0 Å². The number of nitrogens with zero attached hydrogens (tertiary/aromatic N) is 5. The van der Waals surface area contributed by atoms with Crippen molar-refractivity contribution in [3.63, 3.8) is 0 Å². The third-order valence-electron chi connectivity index (χ3n) is 6.01. The zero-order valence-electron chi connectivity index (χ0n) is 17.5. The number of H-pyrrole nitrogens is 1. The van der Waals surface area contributed by atoms with Crippen LogP contribution in [0.15, 0.2) is 30.7 Å². The number of hydrogen-bond donors (Lipinski definition) is 2. The van der Waals surface area contributed by atoms with Crippen LogP contribution >= 0.6 is 0 Å². The van der Waals surface area contributed by atoms with Crippen LogP contribution in [0.4, 0.5) is 11.6 Å². The van der Waals surface area contributed by atoms with Gasteiger partial charge in [0.25, 0.3) is 0 Å². The third-order valence-corrected chi connectivity index (χ3v) is 6.01. The predicted molar refractivity (Wildman–Crippen MR) is 119 cm³/mol. The zero-order valence-corrected chi connectivity index (χ0v) is 17.5. The van der Waals surface area contributed by atoms with E-state index in [1.807, 2.05) is 25.1 Å². The van der Waals surface area contributed by atoms with Crippen LogP contribution < -0.4 is 10.2 Å². The molecule has 2 aromatic heterocycles. The summed E-state index contributed by atoms with van der Waals surface area (Å²) in [6.45, 7) is 4.55. The highest BCUT2D eigenvalue weighted by atomic mass is 16.5. The first kappa shape index (κ1) is 19.6. The molecule has 162 valence electrons. The van der Waals surface area contributed by atoms with Gasteiger partial charge in [0.15, 0.2) is 17.5 Å². The monoisotopic (exact) mass is 421 g/mol. The maximum atomic E-state index is 12.7. The molecule has 0 unspecified atom stereocenters. The number of aromatic nitrogens is 5. The molecule has 5 rings (SSSR count). The van der Waals surface area contributed by atoms with Gasteiger partial charge in [-0.15, -0.1) is 0 Å². The molecule has 9 heteroatoms. The average molecular weight is 422 g/mol. The van der Waals surface area contributed by atoms with E-state index in [1.165, 1.54) is 6.33 Å². The van der Waals surface area contributed by atoms with Crippen LogP contribution in [-0.2, 0) is 9.53 Å². The van der Waals surface area contributed by atoms with Crippen molar-refractivity contribution >= 4 is 17.5 Å². The van der Waals surface area contributed by atoms with E-state index in [1.54, 1.807) is 11.1 Å². The van der Waals surface area contributed by atoms with E-state index in [0.717, 1.165) is 60.7 Å². The smallest absolute Gasteiger partial charge is 0.247 e. The lowest BCUT2D eigenvalue weighted by Crippen LogP contribution is -2.42. The summed E-state index contributed by atoms with van der Waals surface area (Å²) in [6.07, 6.45) is 6.30. The van der Waals surface area contributed by atoms with Crippen LogP contribution in [0, 0.1) is 12.8 Å². The average Bonchev–Trinajstić information content (AvgIpc) is 3.34. The van der Waals surface area contributed by atoms with Crippen LogP contribution in [0.1, 0.15) is 26.3 Å². The number of aryl methyl sites for hydroxylation is 1. The van der Waals surface area contributed by atoms with Gasteiger partial charge >= 0.3 is 0 Å². The summed E-state index contributed by atoms with van der Waals surface area (Å²) in [4.78, 5) is 28.1. The van der Waals surface area contributed by atoms with E-state index >= 15 is 0 Å². The minimum atomic E-state index is 0. The molecule has 1 saturated heterocycles. The Morgan fingerprint density at radius 3 is 2.90 bits per heavy atom. The van der Waals surface area contributed by atoms with Crippen molar-refractivity contribution in [2.75, 3.05) is 36.5 Å². The Balaban J connectivity index is 0.00000245. The molecule has 2 N–H and O–H groups in total. The molecule has 0 spiro atoms. The number of anilines is 2. The number of rotatable bonds is 5. The molecule has 2 aliphatic rings. The van der Waals surface area contributed by atoms with Gasteiger partial charge in [0.1, 0.15) is 6.33 Å². The molecule has 0 bridgehead atoms. The molecule has 0 saturated carbocycles. The Morgan fingerprint density at radius 1 is 1.26 bits per heavy atom. The molecule has 1 aromatic carbocycles. The first-order chi connectivity index (χ1) is 15.2. The van der Waals surface area contributed by atoms with Gasteiger partial charge in [-0.3, -0.25) is 14.8 Å². The van der Waals surface area contributed by atoms with Gasteiger partial charge in [0.2, 0.25) is 5.91 Å². The summed E-state index contributed by atoms with van der Waals surface area (Å²) < 4.78 is 5.45. The largest absolute Gasteiger partial charge is 0.381 e. The highest BCUT2D eigenvalue weighted by Gasteiger charge is 2.28. The van der Waals surface area contributed by atoms with E-state index in [0.29, 0.717) is 24.1 Å². The second kappa shape index (κ2) is 8.43. The van der Waals surface area contributed by atoms with Crippen LogP contribution in [0.5, 0.6) is 0 Å². The number of fused-ring (bicyclic) bond motifs is 1. The third kappa shape index (κ3) is 4.00. The van der Waals surface area contributed by atoms with Gasteiger partial charge in [-0.05, 0) is 43.7 Å². The first-order valence-corrected chi connectivity index (χ1v) is 10.6. The molecule has 1 amide bonds. The van der Waals surface area contributed by atoms with Crippen molar-refractivity contribution < 1.29 is 11.0 Å². The van der Waals surface area contributed by atoms with Crippen LogP contribution in [0.3, 0.4) is 0 Å². The van der Waals surface area contributed by atoms with Gasteiger partial charge in [-0.25, -0.2) is 15.0 Å². The number of benzene rings is 1. The Hall–Kier alpha value is -3.33. The maximum Gasteiger partial charge on any atom is 0.247 e. The van der Waals surface area contributed by atoms with Crippen LogP contribution in [-0.4, -0.2) is 57.4 Å². The highest BCUT2D eigenvalue weighted by molar-refractivity contribution is 6.00. The fourth-order valence-corrected chi connectivity index (χ4v) is 4.22. The van der Waals surface area contributed by atoms with Gasteiger partial charge in [-0.1, -0.05) is 12.1 Å². The summed E-state index contributed by atoms with van der Waals surface area (Å²) in [5.74, 6) is 2.61. The number of aromatic amines is 1. The molecular formula is C22H27N7O2. The van der Waals surface area contributed by atoms with Crippen LogP contribution in [0.25, 0.3) is 22.6 Å². The van der Waals surface area contributed by atoms with Crippen molar-refractivity contribution in [2.45, 2.75) is 26.2 Å². The standard InChI is InChI=1S/C22H25N7O2.H2/c1-14-10-16(20-25-13-26-28-20)2-3-17(14)18-11-23-21-22(27-18)29(19(30)12-24-21)7-4-15-5-8-31-9-6-15;/h2-3,10-11,13,15H,4-9,12H2,1H3,(H,23,24)(H,25,26,28);1H. The summed E-state index contributed by atoms with van der Waals surface area (Å²) in [5, 5.41) is 9.89. The van der Waals surface area contributed by atoms with Gasteiger partial charge in [0, 0.05) is 32.3 Å². The molecule has 0 atom stereocenters. The van der Waals surface area contributed by atoms with Gasteiger partial charge in [-0.2, -0.15) is 5.10 Å². The Labute approximate surface area is 181 Å². The predicted octanol–water partition coefficient (Wildman–Crippen LogP) is 3.06. The molecule has 4 heterocycles. The number of ether oxygens (including phenoxy) is 1. The van der Waals surface area contributed by atoms with E-state index in [2.05, 4.69) is 25.5 Å². The summed E-state index contributed by atoms with van der Waals surface area (Å²) in [5.41, 5.74) is 3.72. The Morgan fingerprint density at radius 2 is 2.13 bits per heavy atom. The lowest BCUT2D eigenvalue weighted by atomic mass is 9.96. The van der Waals surface area contributed by atoms with Crippen molar-refractivity contribution in [3.05, 3.63) is 36.3 Å². The fraction of sp³-hybridized carbons (Fsp3) is 0.409. The Kier molecular flexibility index (Phi) is 5.33. The number of carbonyl (C=O) groups excluding carboxylic acids is 1. The first-order valence-electron chi connectivity index (χ1n) is 10.6. The van der Waals surface area contributed by atoms with E-state index in [4.69, 9.17) is 9.72 Å². The molecule has 9 nitrogen and oxygen atoms in total. The van der Waals surface area contributed by atoms with Crippen molar-refractivity contribution in [1.82, 2.24) is 25.1 Å². The molecule has 0 radical (unpaired) electrons. The second-order valence-electron chi connectivity index (χ2n) is 8.03. The molecule has 3 aromatic rings. The molecular weight excluding hydrogens is 394 g/mol. The zero-order chi connectivity index (χ0) is 21.2. The fourth-order valence-electron chi connectivity index (χ4n) is 4.22. The number of hydrogen-bond acceptors (Lipinski definition) is 7. The highest BCUT2D eigenvalue weighted by Crippen LogP contribution is 2.32. The van der Waals surface area contributed by atoms with E-state index in [-0.39, 0.29) is 13.9 Å². The Bertz CT molecular complexity index is 1080. The minimum Gasteiger partial charge on any atom is -0.381 e. The molecule has 31 heavy (non-hydrogen) atoms. The van der Waals surface area contributed by atoms with Crippen LogP contribution in [0.2, 0.25) is 0 Å². The summed E-state index contributed by atoms with van der Waals surface area (Å²) in [7, 11) is 0. The van der Waals surface area contributed by atoms with E-state index in [9.17, 15) is 4.79 Å². The topological polar surface area (TPSA) is 109 Å². The van der Waals surface area contributed by atoms with Crippen molar-refractivity contribution in [3.8, 4) is 22.6 Å². The maximum absolute atomic E-state index is 12.7. The lowest BCUT2D eigenvalue weighted by molar-refractivity contribution is -0.117.